The van der Waals surface area contributed by atoms with E-state index in [-0.39, 0.29) is 0 Å². The van der Waals surface area contributed by atoms with Gasteiger partial charge in [0.1, 0.15) is 5.75 Å². The van der Waals surface area contributed by atoms with E-state index in [0.29, 0.717) is 0 Å². The molecule has 0 aromatic heterocycles. The van der Waals surface area contributed by atoms with Gasteiger partial charge in [-0.05, 0) is 37.0 Å². The zero-order valence-corrected chi connectivity index (χ0v) is 11.1. The second-order valence-corrected chi connectivity index (χ2v) is 5.39. The van der Waals surface area contributed by atoms with Crippen molar-refractivity contribution in [1.29, 1.82) is 0 Å². The molecule has 1 aromatic carbocycles. The quantitative estimate of drug-likeness (QED) is 0.664. The zero-order valence-electron chi connectivity index (χ0n) is 10.3. The van der Waals surface area contributed by atoms with Crippen molar-refractivity contribution in [2.75, 3.05) is 6.61 Å². The predicted molar refractivity (Wildman–Crippen MR) is 72.8 cm³/mol. The van der Waals surface area contributed by atoms with Gasteiger partial charge in [0, 0.05) is 5.02 Å². The smallest absolute Gasteiger partial charge is 0.120 e. The molecule has 1 aromatic rings. The fourth-order valence-electron chi connectivity index (χ4n) is 2.59. The highest BCUT2D eigenvalue weighted by Crippen LogP contribution is 2.27. The summed E-state index contributed by atoms with van der Waals surface area (Å²) in [6, 6.07) is 7.64. The number of benzene rings is 1. The fourth-order valence-corrected chi connectivity index (χ4v) is 2.77. The summed E-state index contributed by atoms with van der Waals surface area (Å²) < 4.78 is 5.69. The average molecular weight is 253 g/mol. The minimum atomic E-state index is 0.745. The first-order valence-corrected chi connectivity index (χ1v) is 7.11. The summed E-state index contributed by atoms with van der Waals surface area (Å²) in [4.78, 5) is 0. The van der Waals surface area contributed by atoms with Crippen LogP contribution in [0.15, 0.2) is 24.3 Å². The van der Waals surface area contributed by atoms with Crippen LogP contribution in [0.3, 0.4) is 0 Å². The van der Waals surface area contributed by atoms with Crippen LogP contribution in [-0.2, 0) is 0 Å². The number of hydrogen-bond donors (Lipinski definition) is 0. The first-order chi connectivity index (χ1) is 8.34. The summed E-state index contributed by atoms with van der Waals surface area (Å²) in [5, 5.41) is 0.745. The standard InChI is InChI=1S/C15H21ClO/c16-14-9-4-10-15(12-14)17-11-5-8-13-6-2-1-3-7-13/h4,9-10,12-13H,1-3,5-8,11H2. The Morgan fingerprint density at radius 3 is 2.76 bits per heavy atom. The molecule has 0 radical (unpaired) electrons. The zero-order chi connectivity index (χ0) is 11.9. The third-order valence-electron chi connectivity index (χ3n) is 3.55. The van der Waals surface area contributed by atoms with Gasteiger partial charge in [0.2, 0.25) is 0 Å². The Morgan fingerprint density at radius 1 is 1.18 bits per heavy atom. The Bertz CT molecular complexity index is 331. The van der Waals surface area contributed by atoms with Crippen molar-refractivity contribution in [3.05, 3.63) is 29.3 Å². The molecule has 0 amide bonds. The predicted octanol–water partition coefficient (Wildman–Crippen LogP) is 5.08. The van der Waals surface area contributed by atoms with E-state index in [1.807, 2.05) is 24.3 Å². The number of hydrogen-bond acceptors (Lipinski definition) is 1. The van der Waals surface area contributed by atoms with Crippen LogP contribution in [0.1, 0.15) is 44.9 Å². The van der Waals surface area contributed by atoms with Gasteiger partial charge in [0.15, 0.2) is 0 Å². The van der Waals surface area contributed by atoms with E-state index in [2.05, 4.69) is 0 Å². The van der Waals surface area contributed by atoms with Crippen molar-refractivity contribution < 1.29 is 4.74 Å². The molecule has 0 heterocycles. The first kappa shape index (κ1) is 12.8. The summed E-state index contributed by atoms with van der Waals surface area (Å²) in [5.74, 6) is 1.84. The molecule has 0 aliphatic heterocycles. The van der Waals surface area contributed by atoms with Crippen molar-refractivity contribution in [1.82, 2.24) is 0 Å². The van der Waals surface area contributed by atoms with E-state index in [9.17, 15) is 0 Å². The van der Waals surface area contributed by atoms with Crippen molar-refractivity contribution in [3.8, 4) is 5.75 Å². The van der Waals surface area contributed by atoms with Crippen LogP contribution in [0.5, 0.6) is 5.75 Å². The van der Waals surface area contributed by atoms with Gasteiger partial charge in [0.25, 0.3) is 0 Å². The molecule has 0 spiro atoms. The lowest BCUT2D eigenvalue weighted by Crippen LogP contribution is -2.08. The molecule has 1 nitrogen and oxygen atoms in total. The van der Waals surface area contributed by atoms with Crippen molar-refractivity contribution in [2.45, 2.75) is 44.9 Å². The molecule has 2 rings (SSSR count). The Hall–Kier alpha value is -0.690. The molecular weight excluding hydrogens is 232 g/mol. The summed E-state index contributed by atoms with van der Waals surface area (Å²) in [7, 11) is 0. The highest BCUT2D eigenvalue weighted by Gasteiger charge is 2.12. The third kappa shape index (κ3) is 4.59. The molecular formula is C15H21ClO. The lowest BCUT2D eigenvalue weighted by molar-refractivity contribution is 0.269. The SMILES string of the molecule is Clc1cccc(OCCCC2CCCCC2)c1. The maximum Gasteiger partial charge on any atom is 0.120 e. The maximum atomic E-state index is 5.90. The normalized spacial score (nSPS) is 17.0. The van der Waals surface area contributed by atoms with Crippen molar-refractivity contribution in [3.63, 3.8) is 0 Å². The largest absolute Gasteiger partial charge is 0.494 e. The molecule has 17 heavy (non-hydrogen) atoms. The lowest BCUT2D eigenvalue weighted by Gasteiger charge is -2.21. The van der Waals surface area contributed by atoms with E-state index in [1.54, 1.807) is 0 Å². The van der Waals surface area contributed by atoms with Crippen molar-refractivity contribution in [2.24, 2.45) is 5.92 Å². The highest BCUT2D eigenvalue weighted by atomic mass is 35.5. The van der Waals surface area contributed by atoms with Gasteiger partial charge >= 0.3 is 0 Å². The van der Waals surface area contributed by atoms with E-state index in [4.69, 9.17) is 16.3 Å². The molecule has 1 saturated carbocycles. The third-order valence-corrected chi connectivity index (χ3v) is 3.78. The van der Waals surface area contributed by atoms with Gasteiger partial charge in [-0.25, -0.2) is 0 Å². The van der Waals surface area contributed by atoms with Crippen LogP contribution < -0.4 is 4.74 Å². The topological polar surface area (TPSA) is 9.23 Å². The van der Waals surface area contributed by atoms with Crippen LogP contribution in [0.2, 0.25) is 5.02 Å². The van der Waals surface area contributed by atoms with Gasteiger partial charge in [0.05, 0.1) is 6.61 Å². The monoisotopic (exact) mass is 252 g/mol. The number of rotatable bonds is 5. The van der Waals surface area contributed by atoms with E-state index in [0.717, 1.165) is 29.7 Å². The molecule has 0 bridgehead atoms. The van der Waals surface area contributed by atoms with Crippen LogP contribution in [0.4, 0.5) is 0 Å². The molecule has 1 aliphatic rings. The molecule has 0 saturated heterocycles. The fraction of sp³-hybridized carbons (Fsp3) is 0.600. The van der Waals surface area contributed by atoms with Gasteiger partial charge in [-0.15, -0.1) is 0 Å². The number of halogens is 1. The summed E-state index contributed by atoms with van der Waals surface area (Å²) in [6.07, 6.45) is 9.64. The first-order valence-electron chi connectivity index (χ1n) is 6.73. The lowest BCUT2D eigenvalue weighted by atomic mass is 9.86. The van der Waals surface area contributed by atoms with Crippen molar-refractivity contribution >= 4 is 11.6 Å². The summed E-state index contributed by atoms with van der Waals surface area (Å²) in [6.45, 7) is 0.816. The van der Waals surface area contributed by atoms with E-state index >= 15 is 0 Å². The second kappa shape index (κ2) is 6.90. The minimum absolute atomic E-state index is 0.745. The Kier molecular flexibility index (Phi) is 5.18. The molecule has 2 heteroatoms. The van der Waals surface area contributed by atoms with E-state index < -0.39 is 0 Å². The molecule has 0 unspecified atom stereocenters. The average Bonchev–Trinajstić information content (AvgIpc) is 2.36. The molecule has 0 atom stereocenters. The maximum absolute atomic E-state index is 5.90. The Labute approximate surface area is 109 Å². The van der Waals surface area contributed by atoms with Crippen LogP contribution in [0, 0.1) is 5.92 Å². The van der Waals surface area contributed by atoms with Crippen LogP contribution in [-0.4, -0.2) is 6.61 Å². The van der Waals surface area contributed by atoms with Gasteiger partial charge in [-0.3, -0.25) is 0 Å². The molecule has 1 fully saturated rings. The van der Waals surface area contributed by atoms with Gasteiger partial charge in [-0.1, -0.05) is 49.8 Å². The van der Waals surface area contributed by atoms with Gasteiger partial charge < -0.3 is 4.74 Å². The summed E-state index contributed by atoms with van der Waals surface area (Å²) >= 11 is 5.90. The molecule has 1 aliphatic carbocycles. The summed E-state index contributed by atoms with van der Waals surface area (Å²) in [5.41, 5.74) is 0. The van der Waals surface area contributed by atoms with Crippen LogP contribution >= 0.6 is 11.6 Å². The molecule has 0 N–H and O–H groups in total. The second-order valence-electron chi connectivity index (χ2n) is 4.95. The Balaban J connectivity index is 1.62. The van der Waals surface area contributed by atoms with Crippen LogP contribution in [0.25, 0.3) is 0 Å². The minimum Gasteiger partial charge on any atom is -0.494 e. The van der Waals surface area contributed by atoms with Gasteiger partial charge in [-0.2, -0.15) is 0 Å². The number of ether oxygens (including phenoxy) is 1. The molecule has 94 valence electrons. The Morgan fingerprint density at radius 2 is 2.00 bits per heavy atom. The highest BCUT2D eigenvalue weighted by molar-refractivity contribution is 6.30. The van der Waals surface area contributed by atoms with E-state index in [1.165, 1.54) is 38.5 Å².